The van der Waals surface area contributed by atoms with Gasteiger partial charge in [-0.25, -0.2) is 14.4 Å². The number of rotatable bonds is 13. The van der Waals surface area contributed by atoms with Crippen molar-refractivity contribution < 1.29 is 67.4 Å². The molecule has 15 nitrogen and oxygen atoms in total. The molecule has 3 N–H and O–H groups in total. The monoisotopic (exact) mass is 857 g/mol. The minimum atomic E-state index is -2.13. The summed E-state index contributed by atoms with van der Waals surface area (Å²) in [6.07, 6.45) is -7.02. The first-order valence-electron chi connectivity index (χ1n) is 19.0. The molecule has 17 heteroatoms. The molecule has 320 valence electrons. The zero-order chi connectivity index (χ0) is 43.7. The lowest BCUT2D eigenvalue weighted by atomic mass is 9.56. The van der Waals surface area contributed by atoms with Crippen molar-refractivity contribution in [2.75, 3.05) is 20.3 Å². The Morgan fingerprint density at radius 3 is 2.12 bits per heavy atom. The Kier molecular flexibility index (Phi) is 13.7. The first kappa shape index (κ1) is 45.7. The minimum absolute atomic E-state index is 0.0112. The molecule has 1 saturated heterocycles. The number of carbonyl (C=O) groups is 6. The van der Waals surface area contributed by atoms with Gasteiger partial charge in [0.15, 0.2) is 23.6 Å². The normalized spacial score (nSPS) is 29.9. The highest BCUT2D eigenvalue weighted by molar-refractivity contribution is 7.82. The molecule has 0 bridgehead atoms. The highest BCUT2D eigenvalue weighted by Gasteiger charge is 2.70. The first-order chi connectivity index (χ1) is 27.6. The third-order valence-corrected chi connectivity index (χ3v) is 13.7. The highest BCUT2D eigenvalue weighted by Crippen LogP contribution is 2.57. The van der Waals surface area contributed by atoms with Crippen molar-refractivity contribution in [3.8, 4) is 0 Å². The fraction of sp³-hybridized carbons (Fsp3) is 0.524. The Labute approximate surface area is 353 Å². The summed E-state index contributed by atoms with van der Waals surface area (Å²) in [5.41, 5.74) is -4.41. The fourth-order valence-corrected chi connectivity index (χ4v) is 9.08. The number of amides is 1. The van der Waals surface area contributed by atoms with Crippen molar-refractivity contribution >= 4 is 61.0 Å². The van der Waals surface area contributed by atoms with E-state index in [2.05, 4.69) is 17.9 Å². The van der Waals surface area contributed by atoms with Gasteiger partial charge in [0.1, 0.15) is 29.8 Å². The van der Waals surface area contributed by atoms with E-state index >= 15 is 4.79 Å². The number of ether oxygens (including phenoxy) is 6. The second kappa shape index (κ2) is 17.7. The van der Waals surface area contributed by atoms with Crippen molar-refractivity contribution in [2.45, 2.75) is 100 Å². The molecule has 5 rings (SSSR count). The van der Waals surface area contributed by atoms with Gasteiger partial charge in [0.2, 0.25) is 0 Å². The average Bonchev–Trinajstić information content (AvgIpc) is 3.20. The number of methoxy groups -OCH3 is 1. The third-order valence-electron chi connectivity index (χ3n) is 12.2. The van der Waals surface area contributed by atoms with E-state index in [4.69, 9.17) is 41.0 Å². The molecule has 2 fully saturated rings. The van der Waals surface area contributed by atoms with Gasteiger partial charge in [-0.1, -0.05) is 64.1 Å². The van der Waals surface area contributed by atoms with Crippen LogP contribution in [0.5, 0.6) is 0 Å². The van der Waals surface area contributed by atoms with Gasteiger partial charge in [-0.15, -0.1) is 0 Å². The van der Waals surface area contributed by atoms with Crippen LogP contribution in [-0.2, 0) is 42.8 Å². The molecular formula is C42H51NO14S2. The highest BCUT2D eigenvalue weighted by atomic mass is 32.1. The van der Waals surface area contributed by atoms with Gasteiger partial charge in [-0.3, -0.25) is 14.4 Å². The van der Waals surface area contributed by atoms with Gasteiger partial charge in [-0.05, 0) is 54.7 Å². The molecule has 2 aromatic carbocycles. The number of thiol groups is 2. The Morgan fingerprint density at radius 1 is 0.983 bits per heavy atom. The molecule has 1 saturated carbocycles. The molecule has 2 aromatic rings. The average molecular weight is 858 g/mol. The van der Waals surface area contributed by atoms with Gasteiger partial charge < -0.3 is 44.0 Å². The van der Waals surface area contributed by atoms with E-state index in [1.54, 1.807) is 64.1 Å². The van der Waals surface area contributed by atoms with Crippen molar-refractivity contribution in [3.63, 3.8) is 0 Å². The number of benzene rings is 2. The number of nitrogens with one attached hydrogen (secondary N) is 1. The molecule has 2 aliphatic carbocycles. The van der Waals surface area contributed by atoms with Gasteiger partial charge >= 0.3 is 24.1 Å². The Balaban J connectivity index is 1.56. The smallest absolute Gasteiger partial charge is 0.459 e. The lowest BCUT2D eigenvalue weighted by molar-refractivity contribution is -0.287. The van der Waals surface area contributed by atoms with Crippen molar-refractivity contribution in [1.29, 1.82) is 0 Å². The second-order valence-corrected chi connectivity index (χ2v) is 17.2. The van der Waals surface area contributed by atoms with Gasteiger partial charge in [-0.2, -0.15) is 25.3 Å². The van der Waals surface area contributed by atoms with Crippen LogP contribution < -0.4 is 5.32 Å². The first-order valence-corrected chi connectivity index (χ1v) is 20.0. The number of hydrogen-bond acceptors (Lipinski definition) is 16. The van der Waals surface area contributed by atoms with E-state index in [0.29, 0.717) is 0 Å². The number of aliphatic hydroxyl groups excluding tert-OH is 1. The van der Waals surface area contributed by atoms with Crippen LogP contribution in [0.3, 0.4) is 0 Å². The summed E-state index contributed by atoms with van der Waals surface area (Å²) in [5.74, 6) is -5.68. The van der Waals surface area contributed by atoms with Crippen LogP contribution in [0.1, 0.15) is 75.1 Å². The minimum Gasteiger partial charge on any atom is -0.459 e. The quantitative estimate of drug-likeness (QED) is 0.0634. The van der Waals surface area contributed by atoms with Crippen LogP contribution in [0.2, 0.25) is 0 Å². The molecule has 10 atom stereocenters. The number of ketones is 1. The number of aliphatic hydroxyl groups is 2. The zero-order valence-corrected chi connectivity index (χ0v) is 35.6. The van der Waals surface area contributed by atoms with Crippen LogP contribution in [0.4, 0.5) is 4.79 Å². The number of fused-ring (bicyclic) bond motifs is 1. The number of esters is 3. The maximum absolute atomic E-state index is 15.3. The van der Waals surface area contributed by atoms with Crippen LogP contribution in [-0.4, -0.2) is 112 Å². The molecule has 0 radical (unpaired) electrons. The summed E-state index contributed by atoms with van der Waals surface area (Å²) in [4.78, 5) is 80.4. The Bertz CT molecular complexity index is 1980. The number of Topliss-reactive ketones (excluding diaryl/α,β-unsaturated/α-hetero) is 1. The summed E-state index contributed by atoms with van der Waals surface area (Å²) < 4.78 is 32.0. The molecular weight excluding hydrogens is 807 g/mol. The largest absolute Gasteiger partial charge is 0.508 e. The molecule has 0 aromatic heterocycles. The predicted molar refractivity (Wildman–Crippen MR) is 217 cm³/mol. The van der Waals surface area contributed by atoms with E-state index in [-0.39, 0.29) is 35.3 Å². The zero-order valence-electron chi connectivity index (χ0n) is 33.8. The molecule has 1 amide bonds. The molecule has 4 unspecified atom stereocenters. The van der Waals surface area contributed by atoms with E-state index in [1.807, 2.05) is 0 Å². The summed E-state index contributed by atoms with van der Waals surface area (Å²) in [7, 11) is 1.15. The van der Waals surface area contributed by atoms with Crippen LogP contribution in [0.25, 0.3) is 0 Å². The third kappa shape index (κ3) is 8.62. The summed E-state index contributed by atoms with van der Waals surface area (Å²) in [6, 6.07) is 16.0. The van der Waals surface area contributed by atoms with Crippen molar-refractivity contribution in [2.24, 2.45) is 17.3 Å². The van der Waals surface area contributed by atoms with Crippen LogP contribution in [0.15, 0.2) is 71.8 Å². The summed E-state index contributed by atoms with van der Waals surface area (Å²) in [5, 5.41) is 24.7. The van der Waals surface area contributed by atoms with E-state index < -0.39 is 112 Å². The molecule has 3 aliphatic rings. The van der Waals surface area contributed by atoms with Crippen molar-refractivity contribution in [3.05, 3.63) is 82.9 Å². The molecule has 1 heterocycles. The van der Waals surface area contributed by atoms with Gasteiger partial charge in [0.05, 0.1) is 24.0 Å². The van der Waals surface area contributed by atoms with Crippen molar-refractivity contribution in [1.82, 2.24) is 5.32 Å². The molecule has 0 spiro atoms. The van der Waals surface area contributed by atoms with E-state index in [9.17, 15) is 34.2 Å². The van der Waals surface area contributed by atoms with Crippen LogP contribution >= 0.6 is 25.3 Å². The van der Waals surface area contributed by atoms with E-state index in [0.717, 1.165) is 14.0 Å². The maximum Gasteiger partial charge on any atom is 0.508 e. The number of carbonyl (C=O) groups excluding carboxylic acids is 6. The van der Waals surface area contributed by atoms with Gasteiger partial charge in [0.25, 0.3) is 5.91 Å². The second-order valence-electron chi connectivity index (χ2n) is 15.9. The SMILES string of the molecule is COC(=O)O[C@@]12CO[C@@H]1CC(C)C(S)(C(=O)[C@H](OC(C)=O)C1=C(C)[C@@H](OC(=O)[C@H](O)C(S)NC(=O)c3ccccc3)C[C@@](O)(COC(=O)c3ccccc3)C1(C)C)C2C. The van der Waals surface area contributed by atoms with E-state index in [1.165, 1.54) is 31.2 Å². The summed E-state index contributed by atoms with van der Waals surface area (Å²) >= 11 is 9.27. The number of hydrogen-bond donors (Lipinski definition) is 5. The lowest BCUT2D eigenvalue weighted by Gasteiger charge is -2.61. The fourth-order valence-electron chi connectivity index (χ4n) is 8.40. The van der Waals surface area contributed by atoms with Gasteiger partial charge in [0, 0.05) is 30.2 Å². The van der Waals surface area contributed by atoms with Crippen LogP contribution in [0, 0.1) is 17.3 Å². The lowest BCUT2D eigenvalue weighted by Crippen LogP contribution is -2.75. The standard InChI is InChI=1S/C42H51NO14S2/c1-22-18-29-41(21-53-29,57-38(50)52-7)24(3)42(22,59)33(46)32(55-25(4)44)30-23(2)28(56-37(49)31(45)35(58)43-34(47)26-14-10-8-11-15-26)19-40(51,39(30,5)6)20-54-36(48)27-16-12-9-13-17-27/h8-17,22,24,28-29,31-32,35,45,51,58-59H,18-21H2,1-7H3,(H,43,47)/t22?,24?,28-,29+,31+,32+,35?,40+,41+,42?/m0/s1. The Hall–Kier alpha value is -4.42. The molecule has 1 aliphatic heterocycles. The Morgan fingerprint density at radius 2 is 1.58 bits per heavy atom. The predicted octanol–water partition coefficient (Wildman–Crippen LogP) is 4.05. The topological polar surface area (TPSA) is 210 Å². The molecule has 59 heavy (non-hydrogen) atoms. The maximum atomic E-state index is 15.3. The summed E-state index contributed by atoms with van der Waals surface area (Å²) in [6.45, 7) is 8.45.